The summed E-state index contributed by atoms with van der Waals surface area (Å²) < 4.78 is 8.41. The molecule has 0 saturated carbocycles. The summed E-state index contributed by atoms with van der Waals surface area (Å²) >= 11 is 0.647. The summed E-state index contributed by atoms with van der Waals surface area (Å²) in [4.78, 5) is 0. The van der Waals surface area contributed by atoms with Gasteiger partial charge in [0.1, 0.15) is 0 Å². The molecule has 0 fully saturated rings. The Balaban J connectivity index is 2.45. The molecule has 0 aromatic heterocycles. The fraction of sp³-hybridized carbons (Fsp3) is 1.00. The van der Waals surface area contributed by atoms with Crippen molar-refractivity contribution in [1.82, 2.24) is 0 Å². The van der Waals surface area contributed by atoms with Crippen molar-refractivity contribution in [1.29, 1.82) is 0 Å². The SMILES string of the molecule is C[SiH2][Mn][PH][S][Ti][OH]. The van der Waals surface area contributed by atoms with Gasteiger partial charge in [-0.15, -0.1) is 0 Å². The first-order valence-electron chi connectivity index (χ1n) is 1.80. The van der Waals surface area contributed by atoms with Crippen molar-refractivity contribution in [3.05, 3.63) is 0 Å². The van der Waals surface area contributed by atoms with E-state index >= 15 is 0 Å². The molecule has 0 rings (SSSR count). The van der Waals surface area contributed by atoms with Crippen molar-refractivity contribution >= 4 is 23.6 Å². The number of hydrogen-bond donors (Lipinski definition) is 1. The third-order valence-corrected chi connectivity index (χ3v) is 18.6. The third kappa shape index (κ3) is 8.19. The molecule has 0 aliphatic rings. The van der Waals surface area contributed by atoms with Gasteiger partial charge in [-0.25, -0.2) is 0 Å². The van der Waals surface area contributed by atoms with Gasteiger partial charge in [0.15, 0.2) is 0 Å². The summed E-state index contributed by atoms with van der Waals surface area (Å²) in [6.07, 6.45) is 0. The van der Waals surface area contributed by atoms with E-state index in [1.807, 2.05) is 0 Å². The molecule has 0 radical (unpaired) electrons. The van der Waals surface area contributed by atoms with Crippen molar-refractivity contribution in [3.63, 3.8) is 0 Å². The van der Waals surface area contributed by atoms with E-state index in [0.29, 0.717) is 8.13 Å². The van der Waals surface area contributed by atoms with Crippen molar-refractivity contribution in [2.24, 2.45) is 0 Å². The molecule has 0 aromatic rings. The van der Waals surface area contributed by atoms with E-state index in [1.165, 1.54) is 13.9 Å². The monoisotopic (exact) mass is 229 g/mol. The van der Waals surface area contributed by atoms with E-state index in [0.717, 1.165) is 6.47 Å². The predicted octanol–water partition coefficient (Wildman–Crippen LogP) is 0.347. The van der Waals surface area contributed by atoms with Gasteiger partial charge >= 0.3 is 65.9 Å². The fourth-order valence-corrected chi connectivity index (χ4v) is 21.2. The summed E-state index contributed by atoms with van der Waals surface area (Å²) in [5.41, 5.74) is 0. The minimum absolute atomic E-state index is 0.325. The van der Waals surface area contributed by atoms with Crippen LogP contribution in [0.15, 0.2) is 0 Å². The molecule has 1 N–H and O–H groups in total. The molecule has 1 nitrogen and oxygen atoms in total. The van der Waals surface area contributed by atoms with E-state index in [9.17, 15) is 0 Å². The average Bonchev–Trinajstić information content (AvgIpc) is 1.69. The average molecular weight is 229 g/mol. The molecule has 0 amide bonds. The van der Waals surface area contributed by atoms with Gasteiger partial charge in [-0.2, -0.15) is 0 Å². The van der Waals surface area contributed by atoms with E-state index in [-0.39, 0.29) is 0 Å². The van der Waals surface area contributed by atoms with Gasteiger partial charge in [0.05, 0.1) is 0 Å². The van der Waals surface area contributed by atoms with Gasteiger partial charge in [-0.3, -0.25) is 0 Å². The molecule has 1 unspecified atom stereocenters. The maximum atomic E-state index is 8.41. The van der Waals surface area contributed by atoms with E-state index in [1.54, 1.807) is 8.97 Å². The number of hydrogen-bond acceptors (Lipinski definition) is 2. The van der Waals surface area contributed by atoms with Gasteiger partial charge in [0.2, 0.25) is 0 Å². The van der Waals surface area contributed by atoms with Crippen LogP contribution in [-0.4, -0.2) is 11.8 Å². The first kappa shape index (κ1) is 9.19. The van der Waals surface area contributed by atoms with Gasteiger partial charge in [0, 0.05) is 0 Å². The van der Waals surface area contributed by atoms with Gasteiger partial charge in [0.25, 0.3) is 0 Å². The van der Waals surface area contributed by atoms with Crippen LogP contribution < -0.4 is 0 Å². The Morgan fingerprint density at radius 3 is 3.14 bits per heavy atom. The summed E-state index contributed by atoms with van der Waals surface area (Å²) in [6, 6.07) is 0. The molecule has 43 valence electrons. The van der Waals surface area contributed by atoms with Crippen LogP contribution in [0, 0.1) is 0 Å². The Labute approximate surface area is 65.4 Å². The van der Waals surface area contributed by atoms with Crippen molar-refractivity contribution < 1.29 is 35.8 Å². The Hall–Kier alpha value is 2.19. The summed E-state index contributed by atoms with van der Waals surface area (Å²) in [5, 5.41) is 0. The topological polar surface area (TPSA) is 20.2 Å². The second kappa shape index (κ2) is 8.19. The Morgan fingerprint density at radius 1 is 2.00 bits per heavy atom. The van der Waals surface area contributed by atoms with Crippen molar-refractivity contribution in [2.45, 2.75) is 6.55 Å². The molecular weight excluding hydrogens is 222 g/mol. The first-order chi connectivity index (χ1) is 3.41. The first-order valence-corrected chi connectivity index (χ1v) is 13.0. The van der Waals surface area contributed by atoms with Gasteiger partial charge in [-0.1, -0.05) is 0 Å². The standard InChI is InChI=1S/CH5Si.Mn.H2O.HPS.Ti/c1-2;;;1-2;/h2H2,1H3;;1H2;1H;/q;+1;;-2;+2/p-1. The normalized spacial score (nSPS) is 12.3. The van der Waals surface area contributed by atoms with E-state index in [4.69, 9.17) is 3.69 Å². The Morgan fingerprint density at radius 2 is 2.71 bits per heavy atom. The van der Waals surface area contributed by atoms with Crippen LogP contribution in [0.25, 0.3) is 0 Å². The van der Waals surface area contributed by atoms with Crippen LogP contribution in [-0.2, 0) is 32.1 Å². The van der Waals surface area contributed by atoms with Crippen molar-refractivity contribution in [2.75, 3.05) is 0 Å². The van der Waals surface area contributed by atoms with Gasteiger partial charge in [-0.05, 0) is 0 Å². The molecule has 0 aliphatic heterocycles. The predicted molar refractivity (Wildman–Crippen MR) is 32.5 cm³/mol. The zero-order valence-corrected chi connectivity index (χ0v) is 9.91. The summed E-state index contributed by atoms with van der Waals surface area (Å²) in [5.74, 6) is 0. The van der Waals surface area contributed by atoms with E-state index < -0.39 is 18.2 Å². The van der Waals surface area contributed by atoms with Crippen LogP contribution in [0.5, 0.6) is 0 Å². The quantitative estimate of drug-likeness (QED) is 0.426. The van der Waals surface area contributed by atoms with Crippen LogP contribution in [0.2, 0.25) is 6.55 Å². The second-order valence-electron chi connectivity index (χ2n) is 0.671. The number of rotatable bonds is 4. The maximum absolute atomic E-state index is 8.41. The zero-order valence-electron chi connectivity index (χ0n) is 3.94. The molecule has 0 aliphatic carbocycles. The van der Waals surface area contributed by atoms with Gasteiger partial charge < -0.3 is 0 Å². The molecule has 0 spiro atoms. The molecule has 0 saturated heterocycles. The Kier molecular flexibility index (Phi) is 10.8. The minimum atomic E-state index is -0.551. The van der Waals surface area contributed by atoms with Crippen molar-refractivity contribution in [3.8, 4) is 0 Å². The van der Waals surface area contributed by atoms with Crippen LogP contribution >= 0.6 is 15.4 Å². The Bertz CT molecular complexity index is 38.9. The molecule has 7 heavy (non-hydrogen) atoms. The zero-order chi connectivity index (χ0) is 5.54. The summed E-state index contributed by atoms with van der Waals surface area (Å²) in [6.45, 7) is 3.37. The summed E-state index contributed by atoms with van der Waals surface area (Å²) in [7, 11) is 2.11. The van der Waals surface area contributed by atoms with E-state index in [2.05, 4.69) is 6.55 Å². The molecule has 6 heteroatoms. The van der Waals surface area contributed by atoms with Crippen LogP contribution in [0.4, 0.5) is 0 Å². The second-order valence-corrected chi connectivity index (χ2v) is 16.0. The molecule has 0 aromatic carbocycles. The fourth-order valence-electron chi connectivity index (χ4n) is 0.0991. The van der Waals surface area contributed by atoms with Crippen LogP contribution in [0.3, 0.4) is 0 Å². The third-order valence-electron chi connectivity index (χ3n) is 0.272. The molecule has 0 bridgehead atoms. The molecule has 0 heterocycles. The van der Waals surface area contributed by atoms with Crippen LogP contribution in [0.1, 0.15) is 0 Å². The molecular formula is CH7MnOPSSiTi. The molecule has 1 atom stereocenters.